The molecular formula is C73H142O17P2. The SMILES string of the molecule is CCC(C)CCCCCCCCCCC(=O)O[C@H](COC(=O)CCCCCCCCCCCCCCCCC(C)C)COP(=O)(O)OCC(O)COP(=O)(O)OC[C@@H](COC(=O)CCCCCCCCCCC(C)C)OC(=O)CCCCCCCCCCCC(C)C. The summed E-state index contributed by atoms with van der Waals surface area (Å²) in [7, 11) is -9.91. The zero-order chi connectivity index (χ0) is 68.2. The van der Waals surface area contributed by atoms with E-state index in [1.165, 1.54) is 167 Å². The van der Waals surface area contributed by atoms with Crippen LogP contribution in [0, 0.1) is 23.7 Å². The summed E-state index contributed by atoms with van der Waals surface area (Å²) in [5.74, 6) is 0.905. The average molecular weight is 1350 g/mol. The van der Waals surface area contributed by atoms with Crippen LogP contribution in [0.15, 0.2) is 0 Å². The van der Waals surface area contributed by atoms with E-state index in [4.69, 9.17) is 37.0 Å². The molecule has 0 aromatic heterocycles. The zero-order valence-electron chi connectivity index (χ0n) is 60.2. The summed E-state index contributed by atoms with van der Waals surface area (Å²) in [5.41, 5.74) is 0. The first-order chi connectivity index (χ1) is 44.1. The van der Waals surface area contributed by atoms with Gasteiger partial charge in [-0.1, -0.05) is 312 Å². The predicted octanol–water partition coefficient (Wildman–Crippen LogP) is 20.9. The zero-order valence-corrected chi connectivity index (χ0v) is 62.0. The van der Waals surface area contributed by atoms with Crippen molar-refractivity contribution in [2.45, 2.75) is 382 Å². The third-order valence-electron chi connectivity index (χ3n) is 17.2. The van der Waals surface area contributed by atoms with Crippen LogP contribution in [0.4, 0.5) is 0 Å². The van der Waals surface area contributed by atoms with Gasteiger partial charge in [0.15, 0.2) is 12.2 Å². The number of phosphoric ester groups is 2. The molecule has 4 unspecified atom stereocenters. The van der Waals surface area contributed by atoms with Crippen LogP contribution in [-0.2, 0) is 65.4 Å². The van der Waals surface area contributed by atoms with E-state index in [1.54, 1.807) is 0 Å². The number of rotatable bonds is 70. The molecule has 0 aliphatic rings. The van der Waals surface area contributed by atoms with Gasteiger partial charge >= 0.3 is 39.5 Å². The molecule has 0 saturated carbocycles. The lowest BCUT2D eigenvalue weighted by Crippen LogP contribution is -2.30. The van der Waals surface area contributed by atoms with E-state index in [2.05, 4.69) is 55.4 Å². The van der Waals surface area contributed by atoms with Crippen LogP contribution in [-0.4, -0.2) is 96.7 Å². The minimum absolute atomic E-state index is 0.104. The number of unbranched alkanes of at least 4 members (excludes halogenated alkanes) is 35. The van der Waals surface area contributed by atoms with Gasteiger partial charge in [-0.05, 0) is 49.4 Å². The second-order valence-corrected chi connectivity index (χ2v) is 30.9. The first-order valence-corrected chi connectivity index (χ1v) is 40.7. The Hall–Kier alpha value is -1.94. The number of hydrogen-bond acceptors (Lipinski definition) is 15. The molecule has 0 bridgehead atoms. The van der Waals surface area contributed by atoms with Gasteiger partial charge in [0.2, 0.25) is 0 Å². The third-order valence-corrected chi connectivity index (χ3v) is 19.1. The number of hydrogen-bond donors (Lipinski definition) is 3. The maximum Gasteiger partial charge on any atom is 0.472 e. The summed E-state index contributed by atoms with van der Waals surface area (Å²) in [6, 6.07) is 0. The van der Waals surface area contributed by atoms with Gasteiger partial charge < -0.3 is 33.8 Å². The Balaban J connectivity index is 5.24. The van der Waals surface area contributed by atoms with Gasteiger partial charge in [-0.25, -0.2) is 9.13 Å². The number of esters is 4. The first-order valence-electron chi connectivity index (χ1n) is 37.7. The van der Waals surface area contributed by atoms with E-state index in [9.17, 15) is 43.2 Å². The Bertz CT molecular complexity index is 1820. The lowest BCUT2D eigenvalue weighted by Gasteiger charge is -2.21. The van der Waals surface area contributed by atoms with E-state index in [0.717, 1.165) is 114 Å². The molecule has 92 heavy (non-hydrogen) atoms. The van der Waals surface area contributed by atoms with Crippen molar-refractivity contribution in [2.24, 2.45) is 23.7 Å². The van der Waals surface area contributed by atoms with Crippen molar-refractivity contribution in [1.29, 1.82) is 0 Å². The second-order valence-electron chi connectivity index (χ2n) is 28.0. The van der Waals surface area contributed by atoms with Gasteiger partial charge in [0, 0.05) is 25.7 Å². The van der Waals surface area contributed by atoms with Gasteiger partial charge in [0.1, 0.15) is 19.3 Å². The number of aliphatic hydroxyl groups is 1. The van der Waals surface area contributed by atoms with E-state index in [-0.39, 0.29) is 25.7 Å². The van der Waals surface area contributed by atoms with E-state index in [0.29, 0.717) is 25.7 Å². The molecule has 0 spiro atoms. The standard InChI is InChI=1S/C73H142O17P2/c1-9-66(8)52-44-36-28-22-24-32-40-48-56-73(78)90-69(59-83-70(75)53-45-37-29-19-15-13-11-10-12-14-17-25-33-41-49-63(2)3)62-88-92(81,82)86-58-67(74)57-85-91(79,80)87-61-68(60-84-71(76)54-46-38-30-23-21-27-35-43-51-65(6)7)89-72(77)55-47-39-31-20-16-18-26-34-42-50-64(4)5/h63-69,74H,9-62H2,1-8H3,(H,79,80)(H,81,82)/t66?,67?,68-,69-/m1/s1. The van der Waals surface area contributed by atoms with Crippen molar-refractivity contribution in [3.63, 3.8) is 0 Å². The fourth-order valence-corrected chi connectivity index (χ4v) is 12.6. The maximum absolute atomic E-state index is 13.0. The van der Waals surface area contributed by atoms with E-state index in [1.807, 2.05) is 0 Å². The molecule has 0 fully saturated rings. The van der Waals surface area contributed by atoms with Crippen molar-refractivity contribution in [1.82, 2.24) is 0 Å². The highest BCUT2D eigenvalue weighted by Gasteiger charge is 2.30. The minimum atomic E-state index is -4.96. The molecule has 19 heteroatoms. The molecule has 17 nitrogen and oxygen atoms in total. The van der Waals surface area contributed by atoms with Gasteiger partial charge in [-0.3, -0.25) is 37.3 Å². The lowest BCUT2D eigenvalue weighted by atomic mass is 9.99. The number of phosphoric acid groups is 2. The normalized spacial score (nSPS) is 14.5. The molecule has 546 valence electrons. The minimum Gasteiger partial charge on any atom is -0.462 e. The third kappa shape index (κ3) is 65.4. The summed E-state index contributed by atoms with van der Waals surface area (Å²) in [6.07, 6.45) is 45.8. The lowest BCUT2D eigenvalue weighted by molar-refractivity contribution is -0.161. The fourth-order valence-electron chi connectivity index (χ4n) is 11.0. The van der Waals surface area contributed by atoms with Crippen LogP contribution in [0.5, 0.6) is 0 Å². The number of carbonyl (C=O) groups excluding carboxylic acids is 4. The topological polar surface area (TPSA) is 237 Å². The van der Waals surface area contributed by atoms with Crippen molar-refractivity contribution in [3.05, 3.63) is 0 Å². The Morgan fingerprint density at radius 1 is 0.304 bits per heavy atom. The number of carbonyl (C=O) groups is 4. The van der Waals surface area contributed by atoms with Crippen LogP contribution >= 0.6 is 15.6 Å². The molecular weight excluding hydrogens is 1210 g/mol. The Morgan fingerprint density at radius 3 is 0.772 bits per heavy atom. The van der Waals surface area contributed by atoms with Gasteiger partial charge in [-0.15, -0.1) is 0 Å². The Labute approximate surface area is 562 Å². The molecule has 0 aromatic carbocycles. The fraction of sp³-hybridized carbons (Fsp3) is 0.945. The monoisotopic (exact) mass is 1350 g/mol. The Morgan fingerprint density at radius 2 is 0.522 bits per heavy atom. The molecule has 0 heterocycles. The molecule has 0 aliphatic heterocycles. The van der Waals surface area contributed by atoms with Gasteiger partial charge in [0.25, 0.3) is 0 Å². The van der Waals surface area contributed by atoms with Gasteiger partial charge in [0.05, 0.1) is 26.4 Å². The highest BCUT2D eigenvalue weighted by atomic mass is 31.2. The van der Waals surface area contributed by atoms with E-state index >= 15 is 0 Å². The number of ether oxygens (including phenoxy) is 4. The molecule has 0 saturated heterocycles. The molecule has 0 radical (unpaired) electrons. The number of aliphatic hydroxyl groups excluding tert-OH is 1. The van der Waals surface area contributed by atoms with Crippen LogP contribution < -0.4 is 0 Å². The quantitative estimate of drug-likeness (QED) is 0.0222. The van der Waals surface area contributed by atoms with Crippen molar-refractivity contribution in [3.8, 4) is 0 Å². The average Bonchev–Trinajstić information content (AvgIpc) is 3.16. The van der Waals surface area contributed by atoms with Crippen molar-refractivity contribution >= 4 is 39.5 Å². The summed E-state index contributed by atoms with van der Waals surface area (Å²) >= 11 is 0. The van der Waals surface area contributed by atoms with Crippen LogP contribution in [0.25, 0.3) is 0 Å². The van der Waals surface area contributed by atoms with Crippen LogP contribution in [0.2, 0.25) is 0 Å². The summed E-state index contributed by atoms with van der Waals surface area (Å²) in [6.45, 7) is 14.1. The summed E-state index contributed by atoms with van der Waals surface area (Å²) in [5, 5.41) is 10.6. The molecule has 0 aliphatic carbocycles. The molecule has 6 atom stereocenters. The molecule has 0 rings (SSSR count). The highest BCUT2D eigenvalue weighted by Crippen LogP contribution is 2.45. The summed E-state index contributed by atoms with van der Waals surface area (Å²) < 4.78 is 68.4. The molecule has 0 amide bonds. The smallest absolute Gasteiger partial charge is 0.462 e. The van der Waals surface area contributed by atoms with Crippen LogP contribution in [0.1, 0.15) is 364 Å². The Kier molecular flexibility index (Phi) is 61.3. The van der Waals surface area contributed by atoms with E-state index < -0.39 is 97.5 Å². The molecule has 3 N–H and O–H groups in total. The summed E-state index contributed by atoms with van der Waals surface area (Å²) in [4.78, 5) is 72.7. The van der Waals surface area contributed by atoms with Crippen molar-refractivity contribution < 1.29 is 80.2 Å². The van der Waals surface area contributed by atoms with Crippen LogP contribution in [0.3, 0.4) is 0 Å². The maximum atomic E-state index is 13.0. The predicted molar refractivity (Wildman–Crippen MR) is 372 cm³/mol. The second kappa shape index (κ2) is 62.6. The largest absolute Gasteiger partial charge is 0.472 e. The highest BCUT2D eigenvalue weighted by molar-refractivity contribution is 7.47. The molecule has 0 aromatic rings. The van der Waals surface area contributed by atoms with Gasteiger partial charge in [-0.2, -0.15) is 0 Å². The first kappa shape index (κ1) is 90.1. The van der Waals surface area contributed by atoms with Crippen molar-refractivity contribution in [2.75, 3.05) is 39.6 Å².